The number of pyridine rings is 1. The molecular formula is C38H49ClN8O3. The summed E-state index contributed by atoms with van der Waals surface area (Å²) in [4.78, 5) is 33.2. The van der Waals surface area contributed by atoms with Crippen molar-refractivity contribution in [2.75, 3.05) is 31.6 Å². The standard InChI is InChI=1S/C38H49ClN8O3/c1-3-34-31(37(44-29-13-16-50-17-14-29)32-22-43-47(4-2)38(32)45-34)21-42-36(49)11-10-35(48)41-20-25-8-9-33(39)30(19-25)27-7-5-6-26(18-27)23-46-15-12-28(40)24-46/h5-9,18-19,22,28-29H,3-4,10-17,20-21,23-24,40H2,1-2H3,(H,41,48)(H,42,49)(H,44,45)/t28-/m0/s1. The fourth-order valence-electron chi connectivity index (χ4n) is 6.90. The van der Waals surface area contributed by atoms with Crippen LogP contribution in [-0.4, -0.2) is 69.9 Å². The third kappa shape index (κ3) is 8.81. The van der Waals surface area contributed by atoms with Crippen LogP contribution in [-0.2, 0) is 46.9 Å². The number of nitrogens with one attached hydrogen (secondary N) is 3. The lowest BCUT2D eigenvalue weighted by molar-refractivity contribution is -0.126. The quantitative estimate of drug-likeness (QED) is 0.141. The van der Waals surface area contributed by atoms with Crippen LogP contribution >= 0.6 is 11.6 Å². The van der Waals surface area contributed by atoms with E-state index in [1.165, 1.54) is 5.56 Å². The molecule has 4 aromatic rings. The van der Waals surface area contributed by atoms with Crippen molar-refractivity contribution < 1.29 is 14.3 Å². The molecule has 5 N–H and O–H groups in total. The Labute approximate surface area is 299 Å². The zero-order valence-corrected chi connectivity index (χ0v) is 29.9. The first-order valence-electron chi connectivity index (χ1n) is 17.9. The first-order valence-corrected chi connectivity index (χ1v) is 18.3. The molecule has 1 atom stereocenters. The van der Waals surface area contributed by atoms with Gasteiger partial charge in [0.1, 0.15) is 0 Å². The lowest BCUT2D eigenvalue weighted by Crippen LogP contribution is -2.30. The van der Waals surface area contributed by atoms with Crippen LogP contribution in [0.25, 0.3) is 22.2 Å². The fourth-order valence-corrected chi connectivity index (χ4v) is 7.12. The van der Waals surface area contributed by atoms with Crippen molar-refractivity contribution in [2.45, 2.75) is 90.6 Å². The molecule has 6 rings (SSSR count). The van der Waals surface area contributed by atoms with Crippen LogP contribution in [0.4, 0.5) is 5.69 Å². The van der Waals surface area contributed by atoms with Crippen LogP contribution in [0.3, 0.4) is 0 Å². The number of halogens is 1. The van der Waals surface area contributed by atoms with Crippen molar-refractivity contribution in [3.05, 3.63) is 76.1 Å². The predicted molar refractivity (Wildman–Crippen MR) is 198 cm³/mol. The molecule has 0 spiro atoms. The Balaban J connectivity index is 1.04. The molecule has 266 valence electrons. The normalized spacial score (nSPS) is 16.9. The Kier molecular flexibility index (Phi) is 12.0. The average molecular weight is 701 g/mol. The average Bonchev–Trinajstić information content (AvgIpc) is 3.75. The number of carbonyl (C=O) groups is 2. The highest BCUT2D eigenvalue weighted by atomic mass is 35.5. The van der Waals surface area contributed by atoms with E-state index in [2.05, 4.69) is 64.1 Å². The van der Waals surface area contributed by atoms with E-state index >= 15 is 0 Å². The molecule has 0 radical (unpaired) electrons. The Bertz CT molecular complexity index is 1800. The third-order valence-electron chi connectivity index (χ3n) is 9.69. The van der Waals surface area contributed by atoms with Crippen LogP contribution in [0.15, 0.2) is 48.7 Å². The van der Waals surface area contributed by atoms with Crippen molar-refractivity contribution in [1.82, 2.24) is 30.3 Å². The molecule has 11 nitrogen and oxygen atoms in total. The number of carbonyl (C=O) groups excluding carboxylic acids is 2. The number of nitrogens with two attached hydrogens (primary N) is 1. The predicted octanol–water partition coefficient (Wildman–Crippen LogP) is 5.17. The molecular weight excluding hydrogens is 652 g/mol. The number of nitrogens with zero attached hydrogens (tertiary/aromatic N) is 4. The van der Waals surface area contributed by atoms with E-state index in [1.54, 1.807) is 0 Å². The van der Waals surface area contributed by atoms with Crippen LogP contribution in [0.2, 0.25) is 5.02 Å². The monoisotopic (exact) mass is 700 g/mol. The Hall–Kier alpha value is -4.03. The number of fused-ring (bicyclic) bond motifs is 1. The molecule has 2 aliphatic rings. The summed E-state index contributed by atoms with van der Waals surface area (Å²) in [6.07, 6.45) is 5.59. The first kappa shape index (κ1) is 35.8. The van der Waals surface area contributed by atoms with E-state index in [0.717, 1.165) is 103 Å². The number of hydrogen-bond acceptors (Lipinski definition) is 8. The maximum absolute atomic E-state index is 13.0. The Morgan fingerprint density at radius 2 is 1.78 bits per heavy atom. The van der Waals surface area contributed by atoms with Crippen molar-refractivity contribution in [3.8, 4) is 11.1 Å². The number of aryl methyl sites for hydroxylation is 2. The van der Waals surface area contributed by atoms with E-state index in [4.69, 9.17) is 27.1 Å². The van der Waals surface area contributed by atoms with Crippen molar-refractivity contribution in [2.24, 2.45) is 5.73 Å². The molecule has 2 aromatic heterocycles. The molecule has 0 saturated carbocycles. The van der Waals surface area contributed by atoms with Crippen LogP contribution in [0.5, 0.6) is 0 Å². The summed E-state index contributed by atoms with van der Waals surface area (Å²) >= 11 is 6.63. The summed E-state index contributed by atoms with van der Waals surface area (Å²) in [7, 11) is 0. The SMILES string of the molecule is CCc1nc2c(cnn2CC)c(NC2CCOCC2)c1CNC(=O)CCC(=O)NCc1ccc(Cl)c(-c2cccc(CN3CC[C@H](N)C3)c2)c1. The number of amides is 2. The minimum absolute atomic E-state index is 0.0834. The van der Waals surface area contributed by atoms with Gasteiger partial charge in [-0.15, -0.1) is 0 Å². The molecule has 2 aliphatic heterocycles. The minimum Gasteiger partial charge on any atom is -0.381 e. The smallest absolute Gasteiger partial charge is 0.220 e. The number of anilines is 1. The maximum Gasteiger partial charge on any atom is 0.220 e. The van der Waals surface area contributed by atoms with Crippen LogP contribution < -0.4 is 21.7 Å². The van der Waals surface area contributed by atoms with Gasteiger partial charge >= 0.3 is 0 Å². The summed E-state index contributed by atoms with van der Waals surface area (Å²) < 4.78 is 7.48. The van der Waals surface area contributed by atoms with Gasteiger partial charge in [-0.1, -0.05) is 42.8 Å². The summed E-state index contributed by atoms with van der Waals surface area (Å²) in [5, 5.41) is 15.9. The number of rotatable bonds is 14. The fraction of sp³-hybridized carbons (Fsp3) is 0.474. The summed E-state index contributed by atoms with van der Waals surface area (Å²) in [5.41, 5.74) is 13.9. The van der Waals surface area contributed by atoms with E-state index in [1.807, 2.05) is 29.1 Å². The topological polar surface area (TPSA) is 139 Å². The van der Waals surface area contributed by atoms with Gasteiger partial charge in [-0.05, 0) is 67.5 Å². The Morgan fingerprint density at radius 3 is 2.50 bits per heavy atom. The van der Waals surface area contributed by atoms with E-state index < -0.39 is 0 Å². The lowest BCUT2D eigenvalue weighted by Gasteiger charge is -2.26. The second-order valence-corrected chi connectivity index (χ2v) is 13.8. The van der Waals surface area contributed by atoms with E-state index in [0.29, 0.717) is 24.5 Å². The molecule has 4 heterocycles. The molecule has 2 amide bonds. The number of aromatic nitrogens is 3. The van der Waals surface area contributed by atoms with Gasteiger partial charge in [0.15, 0.2) is 5.65 Å². The number of ether oxygens (including phenoxy) is 1. The third-order valence-corrected chi connectivity index (χ3v) is 10.0. The van der Waals surface area contributed by atoms with Gasteiger partial charge in [-0.2, -0.15) is 5.10 Å². The first-order chi connectivity index (χ1) is 24.3. The summed E-state index contributed by atoms with van der Waals surface area (Å²) in [5.74, 6) is -0.373. The van der Waals surface area contributed by atoms with E-state index in [9.17, 15) is 9.59 Å². The highest BCUT2D eigenvalue weighted by Crippen LogP contribution is 2.32. The summed E-state index contributed by atoms with van der Waals surface area (Å²) in [6, 6.07) is 14.7. The maximum atomic E-state index is 13.0. The van der Waals surface area contributed by atoms with Gasteiger partial charge < -0.3 is 26.4 Å². The van der Waals surface area contributed by atoms with Crippen molar-refractivity contribution in [1.29, 1.82) is 0 Å². The van der Waals surface area contributed by atoms with Crippen LogP contribution in [0, 0.1) is 0 Å². The van der Waals surface area contributed by atoms with Gasteiger partial charge in [0.05, 0.1) is 17.3 Å². The highest BCUT2D eigenvalue weighted by molar-refractivity contribution is 6.33. The lowest BCUT2D eigenvalue weighted by atomic mass is 10.0. The van der Waals surface area contributed by atoms with Crippen molar-refractivity contribution in [3.63, 3.8) is 0 Å². The second kappa shape index (κ2) is 16.8. The highest BCUT2D eigenvalue weighted by Gasteiger charge is 2.23. The molecule has 2 saturated heterocycles. The van der Waals surface area contributed by atoms with Gasteiger partial charge in [-0.25, -0.2) is 9.67 Å². The number of hydrogen-bond donors (Lipinski definition) is 4. The zero-order chi connectivity index (χ0) is 35.0. The van der Waals surface area contributed by atoms with Gasteiger partial charge in [0.25, 0.3) is 0 Å². The Morgan fingerprint density at radius 1 is 1.00 bits per heavy atom. The minimum atomic E-state index is -0.187. The molecule has 50 heavy (non-hydrogen) atoms. The molecule has 12 heteroatoms. The molecule has 0 aliphatic carbocycles. The zero-order valence-electron chi connectivity index (χ0n) is 29.1. The number of benzene rings is 2. The number of likely N-dealkylation sites (tertiary alicyclic amines) is 1. The van der Waals surface area contributed by atoms with Gasteiger partial charge in [-0.3, -0.25) is 14.5 Å². The second-order valence-electron chi connectivity index (χ2n) is 13.3. The summed E-state index contributed by atoms with van der Waals surface area (Å²) in [6.45, 7) is 9.72. The van der Waals surface area contributed by atoms with Gasteiger partial charge in [0, 0.05) is 99.3 Å². The largest absolute Gasteiger partial charge is 0.381 e. The van der Waals surface area contributed by atoms with Crippen molar-refractivity contribution >= 4 is 40.1 Å². The van der Waals surface area contributed by atoms with Gasteiger partial charge in [0.2, 0.25) is 11.8 Å². The molecule has 2 aromatic carbocycles. The molecule has 2 fully saturated rings. The molecule has 0 bridgehead atoms. The van der Waals surface area contributed by atoms with Crippen LogP contribution in [0.1, 0.15) is 68.3 Å². The molecule has 0 unspecified atom stereocenters. The van der Waals surface area contributed by atoms with E-state index in [-0.39, 0.29) is 36.7 Å².